The lowest BCUT2D eigenvalue weighted by Gasteiger charge is -2.31. The summed E-state index contributed by atoms with van der Waals surface area (Å²) in [5.74, 6) is -1.35. The van der Waals surface area contributed by atoms with Gasteiger partial charge in [0.1, 0.15) is 3.23 Å². The standard InChI is InChI=1S/C10H9Br2ClO2/c11-9(12)5-6-15-10(9,14)7-1-3-8(13)4-2-7/h1-4,14H,5-6H2. The van der Waals surface area contributed by atoms with E-state index in [0.717, 1.165) is 0 Å². The molecule has 1 aliphatic rings. The summed E-state index contributed by atoms with van der Waals surface area (Å²) in [5, 5.41) is 11.1. The molecule has 1 aromatic rings. The number of hydrogen-bond acceptors (Lipinski definition) is 2. The molecule has 15 heavy (non-hydrogen) atoms. The zero-order chi connectivity index (χ0) is 11.1. The molecule has 2 rings (SSSR count). The highest BCUT2D eigenvalue weighted by Gasteiger charge is 2.54. The Labute approximate surface area is 110 Å². The lowest BCUT2D eigenvalue weighted by atomic mass is 10.0. The summed E-state index contributed by atoms with van der Waals surface area (Å²) in [5.41, 5.74) is 0.679. The monoisotopic (exact) mass is 354 g/mol. The molecule has 1 aromatic carbocycles. The molecule has 0 aliphatic carbocycles. The minimum atomic E-state index is -1.35. The molecule has 0 aromatic heterocycles. The van der Waals surface area contributed by atoms with Crippen LogP contribution in [-0.4, -0.2) is 14.9 Å². The number of hydrogen-bond donors (Lipinski definition) is 1. The van der Waals surface area contributed by atoms with Crippen molar-refractivity contribution in [3.05, 3.63) is 34.9 Å². The second-order valence-electron chi connectivity index (χ2n) is 3.45. The molecule has 1 saturated heterocycles. The minimum absolute atomic E-state index is 0.496. The lowest BCUT2D eigenvalue weighted by molar-refractivity contribution is -0.178. The smallest absolute Gasteiger partial charge is 0.218 e. The number of rotatable bonds is 1. The Morgan fingerprint density at radius 2 is 1.87 bits per heavy atom. The summed E-state index contributed by atoms with van der Waals surface area (Å²) in [4.78, 5) is 0. The van der Waals surface area contributed by atoms with E-state index in [1.54, 1.807) is 24.3 Å². The van der Waals surface area contributed by atoms with E-state index >= 15 is 0 Å². The van der Waals surface area contributed by atoms with Gasteiger partial charge in [0, 0.05) is 17.0 Å². The summed E-state index contributed by atoms with van der Waals surface area (Å²) < 4.78 is 4.76. The van der Waals surface area contributed by atoms with Gasteiger partial charge in [-0.15, -0.1) is 0 Å². The van der Waals surface area contributed by atoms with Gasteiger partial charge in [-0.05, 0) is 12.1 Å². The largest absolute Gasteiger partial charge is 0.360 e. The van der Waals surface area contributed by atoms with Gasteiger partial charge in [-0.3, -0.25) is 0 Å². The van der Waals surface area contributed by atoms with Gasteiger partial charge < -0.3 is 9.84 Å². The molecule has 1 unspecified atom stereocenters. The molecule has 2 nitrogen and oxygen atoms in total. The van der Waals surface area contributed by atoms with E-state index < -0.39 is 9.02 Å². The molecule has 0 bridgehead atoms. The van der Waals surface area contributed by atoms with Gasteiger partial charge in [0.25, 0.3) is 0 Å². The van der Waals surface area contributed by atoms with Gasteiger partial charge in [0.2, 0.25) is 5.79 Å². The van der Waals surface area contributed by atoms with Gasteiger partial charge in [-0.2, -0.15) is 0 Å². The van der Waals surface area contributed by atoms with E-state index in [4.69, 9.17) is 16.3 Å². The van der Waals surface area contributed by atoms with E-state index in [1.807, 2.05) is 0 Å². The van der Waals surface area contributed by atoms with Crippen LogP contribution in [0.3, 0.4) is 0 Å². The maximum Gasteiger partial charge on any atom is 0.218 e. The number of alkyl halides is 2. The molecule has 1 atom stereocenters. The first kappa shape index (κ1) is 11.9. The van der Waals surface area contributed by atoms with Crippen LogP contribution in [0.4, 0.5) is 0 Å². The molecule has 0 spiro atoms. The maximum absolute atomic E-state index is 10.4. The maximum atomic E-state index is 10.4. The zero-order valence-electron chi connectivity index (χ0n) is 7.71. The van der Waals surface area contributed by atoms with E-state index in [9.17, 15) is 5.11 Å². The van der Waals surface area contributed by atoms with Crippen molar-refractivity contribution in [2.24, 2.45) is 0 Å². The van der Waals surface area contributed by atoms with Gasteiger partial charge in [-0.1, -0.05) is 55.6 Å². The first-order chi connectivity index (χ1) is 6.96. The quantitative estimate of drug-likeness (QED) is 0.782. The average molecular weight is 356 g/mol. The third-order valence-corrected chi connectivity index (χ3v) is 4.58. The molecule has 0 radical (unpaired) electrons. The minimum Gasteiger partial charge on any atom is -0.360 e. The summed E-state index contributed by atoms with van der Waals surface area (Å²) in [6.45, 7) is 0.496. The SMILES string of the molecule is OC1(c2ccc(Cl)cc2)OCCC1(Br)Br. The van der Waals surface area contributed by atoms with Crippen LogP contribution in [0.1, 0.15) is 12.0 Å². The van der Waals surface area contributed by atoms with E-state index in [2.05, 4.69) is 31.9 Å². The van der Waals surface area contributed by atoms with Crippen molar-refractivity contribution >= 4 is 43.5 Å². The van der Waals surface area contributed by atoms with Gasteiger partial charge in [0.05, 0.1) is 6.61 Å². The van der Waals surface area contributed by atoms with E-state index in [0.29, 0.717) is 23.6 Å². The topological polar surface area (TPSA) is 29.5 Å². The van der Waals surface area contributed by atoms with Crippen LogP contribution in [0, 0.1) is 0 Å². The highest BCUT2D eigenvalue weighted by molar-refractivity contribution is 9.25. The normalized spacial score (nSPS) is 29.3. The van der Waals surface area contributed by atoms with Crippen molar-refractivity contribution in [1.82, 2.24) is 0 Å². The Hall–Kier alpha value is 0.390. The van der Waals surface area contributed by atoms with Crippen LogP contribution in [0.25, 0.3) is 0 Å². The molecule has 0 amide bonds. The van der Waals surface area contributed by atoms with Crippen molar-refractivity contribution < 1.29 is 9.84 Å². The van der Waals surface area contributed by atoms with Crippen molar-refractivity contribution in [1.29, 1.82) is 0 Å². The summed E-state index contributed by atoms with van der Waals surface area (Å²) >= 11 is 12.6. The molecular formula is C10H9Br2ClO2. The Morgan fingerprint density at radius 3 is 2.33 bits per heavy atom. The first-order valence-corrected chi connectivity index (χ1v) is 6.42. The number of ether oxygens (including phenoxy) is 1. The van der Waals surface area contributed by atoms with Gasteiger partial charge >= 0.3 is 0 Å². The summed E-state index contributed by atoms with van der Waals surface area (Å²) in [6.07, 6.45) is 0.687. The van der Waals surface area contributed by atoms with Crippen LogP contribution in [0.2, 0.25) is 5.02 Å². The molecule has 1 fully saturated rings. The Bertz CT molecular complexity index is 366. The van der Waals surface area contributed by atoms with Crippen LogP contribution >= 0.6 is 43.5 Å². The fraction of sp³-hybridized carbons (Fsp3) is 0.400. The zero-order valence-corrected chi connectivity index (χ0v) is 11.6. The fourth-order valence-corrected chi connectivity index (χ4v) is 2.71. The third kappa shape index (κ3) is 1.98. The second kappa shape index (κ2) is 4.00. The molecule has 0 saturated carbocycles. The third-order valence-electron chi connectivity index (χ3n) is 2.46. The highest BCUT2D eigenvalue weighted by Crippen LogP contribution is 2.52. The van der Waals surface area contributed by atoms with Crippen molar-refractivity contribution in [2.75, 3.05) is 6.61 Å². The fourth-order valence-electron chi connectivity index (χ4n) is 1.57. The first-order valence-electron chi connectivity index (χ1n) is 4.46. The van der Waals surface area contributed by atoms with Crippen LogP contribution < -0.4 is 0 Å². The Balaban J connectivity index is 2.41. The molecule has 1 aliphatic heterocycles. The van der Waals surface area contributed by atoms with E-state index in [-0.39, 0.29) is 0 Å². The van der Waals surface area contributed by atoms with Gasteiger partial charge in [-0.25, -0.2) is 0 Å². The summed E-state index contributed by atoms with van der Waals surface area (Å²) in [6, 6.07) is 6.97. The van der Waals surface area contributed by atoms with Crippen molar-refractivity contribution in [2.45, 2.75) is 15.4 Å². The van der Waals surface area contributed by atoms with Crippen molar-refractivity contribution in [3.63, 3.8) is 0 Å². The molecule has 82 valence electrons. The number of benzene rings is 1. The van der Waals surface area contributed by atoms with Crippen LogP contribution in [-0.2, 0) is 10.5 Å². The molecular weight excluding hydrogens is 347 g/mol. The molecule has 5 heteroatoms. The highest BCUT2D eigenvalue weighted by atomic mass is 79.9. The van der Waals surface area contributed by atoms with Crippen LogP contribution in [0.5, 0.6) is 0 Å². The Kier molecular flexibility index (Phi) is 3.17. The summed E-state index contributed by atoms with van der Waals surface area (Å²) in [7, 11) is 0. The van der Waals surface area contributed by atoms with Crippen LogP contribution in [0.15, 0.2) is 24.3 Å². The molecule has 1 heterocycles. The number of aliphatic hydroxyl groups is 1. The number of halogens is 3. The second-order valence-corrected chi connectivity index (χ2v) is 7.66. The van der Waals surface area contributed by atoms with Crippen molar-refractivity contribution in [3.8, 4) is 0 Å². The van der Waals surface area contributed by atoms with E-state index in [1.165, 1.54) is 0 Å². The predicted molar refractivity (Wildman–Crippen MR) is 66.5 cm³/mol. The molecule has 1 N–H and O–H groups in total. The lowest BCUT2D eigenvalue weighted by Crippen LogP contribution is -2.39. The van der Waals surface area contributed by atoms with Gasteiger partial charge in [0.15, 0.2) is 0 Å². The predicted octanol–water partition coefficient (Wildman–Crippen LogP) is 3.39. The Morgan fingerprint density at radius 1 is 1.27 bits per heavy atom. The average Bonchev–Trinajstić information content (AvgIpc) is 2.43.